The summed E-state index contributed by atoms with van der Waals surface area (Å²) in [5.41, 5.74) is 0. The first-order chi connectivity index (χ1) is 5.96. The summed E-state index contributed by atoms with van der Waals surface area (Å²) in [6, 6.07) is 0.0679. The average molecular weight is 193 g/mol. The van der Waals surface area contributed by atoms with Crippen LogP contribution in [-0.4, -0.2) is 43.2 Å². The van der Waals surface area contributed by atoms with Crippen molar-refractivity contribution in [2.24, 2.45) is 0 Å². The van der Waals surface area contributed by atoms with E-state index in [-0.39, 0.29) is 25.1 Å². The molecule has 0 saturated carbocycles. The fourth-order valence-electron chi connectivity index (χ4n) is 1.60. The van der Waals surface area contributed by atoms with Crippen LogP contribution in [0.3, 0.4) is 0 Å². The van der Waals surface area contributed by atoms with Gasteiger partial charge in [0.1, 0.15) is 0 Å². The van der Waals surface area contributed by atoms with Crippen LogP contribution >= 0.6 is 0 Å². The number of hydrogen-bond acceptors (Lipinski definition) is 2. The Bertz CT molecular complexity index is 175. The van der Waals surface area contributed by atoms with Crippen molar-refractivity contribution in [3.8, 4) is 0 Å². The molecule has 2 unspecified atom stereocenters. The van der Waals surface area contributed by atoms with Crippen LogP contribution in [-0.2, 0) is 4.74 Å². The molecule has 78 valence electrons. The molecule has 2 atom stereocenters. The van der Waals surface area contributed by atoms with Crippen molar-refractivity contribution in [1.29, 1.82) is 0 Å². The maximum Gasteiger partial charge on any atom is 0.261 e. The molecule has 0 spiro atoms. The zero-order valence-electron chi connectivity index (χ0n) is 8.39. The van der Waals surface area contributed by atoms with E-state index >= 15 is 0 Å². The Kier molecular flexibility index (Phi) is 3.24. The second kappa shape index (κ2) is 3.88. The molecule has 1 fully saturated rings. The molecule has 0 amide bonds. The first-order valence-electron chi connectivity index (χ1n) is 4.61. The number of rotatable bonds is 3. The molecule has 0 aromatic heterocycles. The first-order valence-corrected chi connectivity index (χ1v) is 4.61. The van der Waals surface area contributed by atoms with Crippen LogP contribution in [0.15, 0.2) is 0 Å². The van der Waals surface area contributed by atoms with Gasteiger partial charge in [0.25, 0.3) is 5.92 Å². The number of alkyl halides is 2. The van der Waals surface area contributed by atoms with E-state index in [1.807, 2.05) is 13.8 Å². The van der Waals surface area contributed by atoms with Crippen LogP contribution in [0.25, 0.3) is 0 Å². The minimum Gasteiger partial charge on any atom is -0.380 e. The number of likely N-dealkylation sites (tertiary alicyclic amines) is 1. The molecule has 0 aromatic carbocycles. The zero-order chi connectivity index (χ0) is 10.1. The second-order valence-corrected chi connectivity index (χ2v) is 3.76. The summed E-state index contributed by atoms with van der Waals surface area (Å²) < 4.78 is 30.8. The summed E-state index contributed by atoms with van der Waals surface area (Å²) in [7, 11) is 1.61. The minimum absolute atomic E-state index is 0.00824. The van der Waals surface area contributed by atoms with E-state index in [9.17, 15) is 8.78 Å². The molecule has 1 heterocycles. The maximum atomic E-state index is 12.8. The van der Waals surface area contributed by atoms with Gasteiger partial charge in [0.2, 0.25) is 0 Å². The highest BCUT2D eigenvalue weighted by Crippen LogP contribution is 2.28. The first kappa shape index (κ1) is 10.9. The highest BCUT2D eigenvalue weighted by molar-refractivity contribution is 4.86. The molecule has 0 N–H and O–H groups in total. The molecule has 13 heavy (non-hydrogen) atoms. The van der Waals surface area contributed by atoms with E-state index in [0.29, 0.717) is 6.54 Å². The molecule has 2 nitrogen and oxygen atoms in total. The molecule has 0 aromatic rings. The van der Waals surface area contributed by atoms with Crippen molar-refractivity contribution in [1.82, 2.24) is 4.90 Å². The molecule has 0 bridgehead atoms. The van der Waals surface area contributed by atoms with Gasteiger partial charge in [-0.05, 0) is 13.8 Å². The Morgan fingerprint density at radius 1 is 1.38 bits per heavy atom. The van der Waals surface area contributed by atoms with Crippen molar-refractivity contribution in [2.45, 2.75) is 38.3 Å². The third-order valence-electron chi connectivity index (χ3n) is 2.83. The lowest BCUT2D eigenvalue weighted by molar-refractivity contribution is -0.00777. The molecule has 0 radical (unpaired) electrons. The molecule has 0 aliphatic carbocycles. The third kappa shape index (κ3) is 2.61. The van der Waals surface area contributed by atoms with E-state index in [1.54, 1.807) is 12.0 Å². The minimum atomic E-state index is -2.50. The van der Waals surface area contributed by atoms with Gasteiger partial charge in [-0.15, -0.1) is 0 Å². The van der Waals surface area contributed by atoms with E-state index in [1.165, 1.54) is 0 Å². The summed E-state index contributed by atoms with van der Waals surface area (Å²) in [5, 5.41) is 0. The summed E-state index contributed by atoms with van der Waals surface area (Å²) >= 11 is 0. The lowest BCUT2D eigenvalue weighted by Crippen LogP contribution is -2.40. The average Bonchev–Trinajstić information content (AvgIpc) is 2.43. The topological polar surface area (TPSA) is 12.5 Å². The molecular formula is C9H17F2NO. The predicted octanol–water partition coefficient (Wildman–Crippen LogP) is 1.75. The molecule has 1 aliphatic heterocycles. The van der Waals surface area contributed by atoms with Crippen LogP contribution in [0.4, 0.5) is 8.78 Å². The molecular weight excluding hydrogens is 176 g/mol. The number of methoxy groups -OCH3 is 1. The van der Waals surface area contributed by atoms with Crippen LogP contribution < -0.4 is 0 Å². The van der Waals surface area contributed by atoms with Crippen LogP contribution in [0.1, 0.15) is 20.3 Å². The Morgan fingerprint density at radius 3 is 2.38 bits per heavy atom. The third-order valence-corrected chi connectivity index (χ3v) is 2.83. The van der Waals surface area contributed by atoms with E-state index in [4.69, 9.17) is 4.74 Å². The fraction of sp³-hybridized carbons (Fsp3) is 1.00. The lowest BCUT2D eigenvalue weighted by atomic mass is 10.2. The molecule has 1 saturated heterocycles. The van der Waals surface area contributed by atoms with Crippen LogP contribution in [0.2, 0.25) is 0 Å². The number of hydrogen-bond donors (Lipinski definition) is 0. The number of nitrogens with zero attached hydrogens (tertiary/aromatic N) is 1. The van der Waals surface area contributed by atoms with Gasteiger partial charge in [0.15, 0.2) is 0 Å². The van der Waals surface area contributed by atoms with Gasteiger partial charge >= 0.3 is 0 Å². The monoisotopic (exact) mass is 193 g/mol. The van der Waals surface area contributed by atoms with Crippen molar-refractivity contribution in [2.75, 3.05) is 20.2 Å². The standard InChI is InChI=1S/C9H17F2NO/c1-7(8(2)13-3)12-5-4-9(10,11)6-12/h7-8H,4-6H2,1-3H3. The fourth-order valence-corrected chi connectivity index (χ4v) is 1.60. The van der Waals surface area contributed by atoms with Gasteiger partial charge in [-0.25, -0.2) is 8.78 Å². The van der Waals surface area contributed by atoms with E-state index in [0.717, 1.165) is 0 Å². The zero-order valence-corrected chi connectivity index (χ0v) is 8.39. The molecule has 4 heteroatoms. The highest BCUT2D eigenvalue weighted by Gasteiger charge is 2.40. The summed E-state index contributed by atoms with van der Waals surface area (Å²) in [6.45, 7) is 4.18. The highest BCUT2D eigenvalue weighted by atomic mass is 19.3. The SMILES string of the molecule is COC(C)C(C)N1CCC(F)(F)C1. The van der Waals surface area contributed by atoms with Gasteiger partial charge in [0.05, 0.1) is 12.6 Å². The van der Waals surface area contributed by atoms with Crippen molar-refractivity contribution < 1.29 is 13.5 Å². The normalized spacial score (nSPS) is 27.5. The summed E-state index contributed by atoms with van der Waals surface area (Å²) in [5.74, 6) is -2.50. The van der Waals surface area contributed by atoms with Crippen molar-refractivity contribution >= 4 is 0 Å². The number of ether oxygens (including phenoxy) is 1. The Balaban J connectivity index is 2.46. The van der Waals surface area contributed by atoms with Crippen molar-refractivity contribution in [3.05, 3.63) is 0 Å². The van der Waals surface area contributed by atoms with Crippen LogP contribution in [0, 0.1) is 0 Å². The van der Waals surface area contributed by atoms with Crippen LogP contribution in [0.5, 0.6) is 0 Å². The predicted molar refractivity (Wildman–Crippen MR) is 47.1 cm³/mol. The number of halogens is 2. The maximum absolute atomic E-state index is 12.8. The quantitative estimate of drug-likeness (QED) is 0.677. The van der Waals surface area contributed by atoms with Gasteiger partial charge < -0.3 is 4.74 Å². The van der Waals surface area contributed by atoms with Gasteiger partial charge in [-0.2, -0.15) is 0 Å². The summed E-state index contributed by atoms with van der Waals surface area (Å²) in [4.78, 5) is 1.79. The Hall–Kier alpha value is -0.220. The Morgan fingerprint density at radius 2 is 2.00 bits per heavy atom. The van der Waals surface area contributed by atoms with Gasteiger partial charge in [-0.1, -0.05) is 0 Å². The lowest BCUT2D eigenvalue weighted by Gasteiger charge is -2.28. The largest absolute Gasteiger partial charge is 0.380 e. The van der Waals surface area contributed by atoms with Crippen molar-refractivity contribution in [3.63, 3.8) is 0 Å². The second-order valence-electron chi connectivity index (χ2n) is 3.76. The smallest absolute Gasteiger partial charge is 0.261 e. The Labute approximate surface area is 77.9 Å². The van der Waals surface area contributed by atoms with Gasteiger partial charge in [-0.3, -0.25) is 4.90 Å². The molecule has 1 rings (SSSR count). The van der Waals surface area contributed by atoms with Gasteiger partial charge in [0, 0.05) is 26.1 Å². The van der Waals surface area contributed by atoms with E-state index < -0.39 is 5.92 Å². The summed E-state index contributed by atoms with van der Waals surface area (Å²) in [6.07, 6.45) is -0.0118. The van der Waals surface area contributed by atoms with E-state index in [2.05, 4.69) is 0 Å². The molecule has 1 aliphatic rings.